The maximum absolute atomic E-state index is 13.8. The highest BCUT2D eigenvalue weighted by Gasteiger charge is 2.22. The Balaban J connectivity index is 1.47. The van der Waals surface area contributed by atoms with Crippen molar-refractivity contribution in [3.8, 4) is 0 Å². The molecule has 1 saturated heterocycles. The van der Waals surface area contributed by atoms with Crippen LogP contribution < -0.4 is 5.32 Å². The molecule has 0 radical (unpaired) electrons. The molecule has 1 atom stereocenters. The van der Waals surface area contributed by atoms with E-state index in [4.69, 9.17) is 0 Å². The first-order chi connectivity index (χ1) is 10.3. The molecule has 0 spiro atoms. The van der Waals surface area contributed by atoms with Crippen LogP contribution in [0, 0.1) is 5.82 Å². The average Bonchev–Trinajstić information content (AvgIpc) is 2.53. The van der Waals surface area contributed by atoms with Crippen molar-refractivity contribution >= 4 is 11.8 Å². The van der Waals surface area contributed by atoms with E-state index in [1.165, 1.54) is 45.3 Å². The lowest BCUT2D eigenvalue weighted by Gasteiger charge is -2.28. The van der Waals surface area contributed by atoms with Gasteiger partial charge in [0.2, 0.25) is 0 Å². The van der Waals surface area contributed by atoms with Crippen molar-refractivity contribution in [2.45, 2.75) is 43.0 Å². The van der Waals surface area contributed by atoms with Gasteiger partial charge < -0.3 is 10.2 Å². The zero-order valence-corrected chi connectivity index (χ0v) is 13.4. The third-order valence-electron chi connectivity index (χ3n) is 4.52. The molecule has 4 heteroatoms. The Bertz CT molecular complexity index is 460. The molecular weight excluding hydrogens is 283 g/mol. The number of rotatable bonds is 5. The number of thioether (sulfide) groups is 1. The molecule has 2 heterocycles. The highest BCUT2D eigenvalue weighted by Crippen LogP contribution is 2.37. The number of nitrogens with one attached hydrogen (secondary N) is 1. The fourth-order valence-electron chi connectivity index (χ4n) is 3.36. The summed E-state index contributed by atoms with van der Waals surface area (Å²) in [5.74, 6) is 0.954. The summed E-state index contributed by atoms with van der Waals surface area (Å²) in [6, 6.07) is 5.82. The number of likely N-dealkylation sites (tertiary alicyclic amines) is 1. The van der Waals surface area contributed by atoms with E-state index >= 15 is 0 Å². The third-order valence-corrected chi connectivity index (χ3v) is 5.68. The number of hydrogen-bond donors (Lipinski definition) is 1. The van der Waals surface area contributed by atoms with Crippen LogP contribution in [0.3, 0.4) is 0 Å². The molecule has 0 aromatic heterocycles. The molecule has 1 aromatic carbocycles. The molecule has 1 N–H and O–H groups in total. The summed E-state index contributed by atoms with van der Waals surface area (Å²) < 4.78 is 13.8. The molecule has 21 heavy (non-hydrogen) atoms. The fraction of sp³-hybridized carbons (Fsp3) is 0.647. The van der Waals surface area contributed by atoms with E-state index < -0.39 is 0 Å². The lowest BCUT2D eigenvalue weighted by atomic mass is 10.0. The second kappa shape index (κ2) is 7.61. The highest BCUT2D eigenvalue weighted by atomic mass is 32.2. The van der Waals surface area contributed by atoms with E-state index in [1.54, 1.807) is 17.8 Å². The lowest BCUT2D eigenvalue weighted by molar-refractivity contribution is 0.224. The predicted molar refractivity (Wildman–Crippen MR) is 87.4 cm³/mol. The van der Waals surface area contributed by atoms with Gasteiger partial charge in [0.15, 0.2) is 0 Å². The molecule has 2 nitrogen and oxygen atoms in total. The Kier molecular flexibility index (Phi) is 5.55. The van der Waals surface area contributed by atoms with Gasteiger partial charge in [-0.3, -0.25) is 0 Å². The van der Waals surface area contributed by atoms with Crippen molar-refractivity contribution in [1.82, 2.24) is 10.2 Å². The Morgan fingerprint density at radius 1 is 1.24 bits per heavy atom. The smallest absolute Gasteiger partial charge is 0.137 e. The fourth-order valence-corrected chi connectivity index (χ4v) is 4.50. The van der Waals surface area contributed by atoms with Crippen molar-refractivity contribution in [2.24, 2.45) is 0 Å². The minimum atomic E-state index is -0.0580. The largest absolute Gasteiger partial charge is 0.310 e. The van der Waals surface area contributed by atoms with Crippen LogP contribution in [0.5, 0.6) is 0 Å². The molecule has 0 amide bonds. The van der Waals surface area contributed by atoms with Gasteiger partial charge in [-0.15, -0.1) is 11.8 Å². The van der Waals surface area contributed by atoms with E-state index in [2.05, 4.69) is 16.3 Å². The third kappa shape index (κ3) is 3.99. The summed E-state index contributed by atoms with van der Waals surface area (Å²) in [5, 5.41) is 3.64. The summed E-state index contributed by atoms with van der Waals surface area (Å²) in [4.78, 5) is 3.44. The molecule has 1 fully saturated rings. The maximum Gasteiger partial charge on any atom is 0.137 e. The monoisotopic (exact) mass is 308 g/mol. The summed E-state index contributed by atoms with van der Waals surface area (Å²) in [7, 11) is 0. The van der Waals surface area contributed by atoms with Crippen LogP contribution >= 0.6 is 11.8 Å². The molecule has 2 aliphatic rings. The predicted octanol–water partition coefficient (Wildman–Crippen LogP) is 3.83. The van der Waals surface area contributed by atoms with E-state index in [1.807, 2.05) is 6.07 Å². The molecule has 3 rings (SSSR count). The highest BCUT2D eigenvalue weighted by molar-refractivity contribution is 7.99. The van der Waals surface area contributed by atoms with Crippen molar-refractivity contribution in [1.29, 1.82) is 0 Å². The van der Waals surface area contributed by atoms with Crippen LogP contribution in [0.15, 0.2) is 23.1 Å². The first-order valence-corrected chi connectivity index (χ1v) is 9.20. The molecule has 0 bridgehead atoms. The van der Waals surface area contributed by atoms with Gasteiger partial charge in [-0.25, -0.2) is 4.39 Å². The topological polar surface area (TPSA) is 15.3 Å². The van der Waals surface area contributed by atoms with Crippen LogP contribution in [-0.2, 0) is 0 Å². The van der Waals surface area contributed by atoms with Crippen molar-refractivity contribution in [3.63, 3.8) is 0 Å². The van der Waals surface area contributed by atoms with Crippen LogP contribution in [0.1, 0.15) is 43.7 Å². The zero-order valence-electron chi connectivity index (χ0n) is 12.6. The maximum atomic E-state index is 13.8. The first-order valence-electron chi connectivity index (χ1n) is 8.21. The average molecular weight is 308 g/mol. The Morgan fingerprint density at radius 3 is 2.95 bits per heavy atom. The van der Waals surface area contributed by atoms with Gasteiger partial charge in [0, 0.05) is 10.9 Å². The number of nitrogens with zero attached hydrogens (tertiary/aromatic N) is 1. The second-order valence-corrected chi connectivity index (χ2v) is 7.16. The summed E-state index contributed by atoms with van der Waals surface area (Å²) >= 11 is 1.66. The molecular formula is C17H25FN2S. The molecule has 1 aromatic rings. The Morgan fingerprint density at radius 2 is 2.10 bits per heavy atom. The summed E-state index contributed by atoms with van der Waals surface area (Å²) in [5.41, 5.74) is 1.16. The van der Waals surface area contributed by atoms with E-state index in [9.17, 15) is 4.39 Å². The van der Waals surface area contributed by atoms with Crippen LogP contribution in [0.2, 0.25) is 0 Å². The molecule has 1 unspecified atom stereocenters. The van der Waals surface area contributed by atoms with Crippen molar-refractivity contribution in [3.05, 3.63) is 29.6 Å². The first kappa shape index (κ1) is 15.3. The standard InChI is InChI=1S/C17H25FN2S/c18-15-7-4-6-14-16(8-13-21-17(14)15)19-9-5-12-20-10-2-1-3-11-20/h4,6-7,16,19H,1-3,5,8-13H2. The minimum absolute atomic E-state index is 0.0580. The van der Waals surface area contributed by atoms with E-state index in [-0.39, 0.29) is 5.82 Å². The molecule has 116 valence electrons. The van der Waals surface area contributed by atoms with E-state index in [0.29, 0.717) is 6.04 Å². The van der Waals surface area contributed by atoms with Gasteiger partial charge in [-0.05, 0) is 69.2 Å². The number of hydrogen-bond acceptors (Lipinski definition) is 3. The molecule has 0 aliphatic carbocycles. The van der Waals surface area contributed by atoms with E-state index in [0.717, 1.165) is 29.2 Å². The van der Waals surface area contributed by atoms with Crippen molar-refractivity contribution < 1.29 is 4.39 Å². The van der Waals surface area contributed by atoms with Crippen LogP contribution in [0.25, 0.3) is 0 Å². The van der Waals surface area contributed by atoms with Gasteiger partial charge in [0.05, 0.1) is 0 Å². The van der Waals surface area contributed by atoms with Crippen molar-refractivity contribution in [2.75, 3.05) is 31.9 Å². The van der Waals surface area contributed by atoms with Gasteiger partial charge in [-0.1, -0.05) is 18.6 Å². The molecule has 2 aliphatic heterocycles. The zero-order chi connectivity index (χ0) is 14.5. The van der Waals surface area contributed by atoms with Gasteiger partial charge in [-0.2, -0.15) is 0 Å². The Labute approximate surface area is 131 Å². The van der Waals surface area contributed by atoms with Crippen LogP contribution in [-0.4, -0.2) is 36.8 Å². The van der Waals surface area contributed by atoms with Gasteiger partial charge >= 0.3 is 0 Å². The van der Waals surface area contributed by atoms with Crippen LogP contribution in [0.4, 0.5) is 4.39 Å². The summed E-state index contributed by atoms with van der Waals surface area (Å²) in [6.45, 7) is 4.77. The number of piperidine rings is 1. The Hall–Kier alpha value is -0.580. The van der Waals surface area contributed by atoms with Gasteiger partial charge in [0.25, 0.3) is 0 Å². The second-order valence-electron chi connectivity index (χ2n) is 6.06. The quantitative estimate of drug-likeness (QED) is 0.832. The summed E-state index contributed by atoms with van der Waals surface area (Å²) in [6.07, 6.45) is 6.41. The molecule has 0 saturated carbocycles. The number of benzene rings is 1. The van der Waals surface area contributed by atoms with Gasteiger partial charge in [0.1, 0.15) is 5.82 Å². The number of halogens is 1. The number of fused-ring (bicyclic) bond motifs is 1. The normalized spacial score (nSPS) is 23.0. The lowest BCUT2D eigenvalue weighted by Crippen LogP contribution is -2.33. The SMILES string of the molecule is Fc1cccc2c1SCCC2NCCCN1CCCCC1. The minimum Gasteiger partial charge on any atom is -0.310 e.